The highest BCUT2D eigenvalue weighted by Gasteiger charge is 2.59. The van der Waals surface area contributed by atoms with Gasteiger partial charge >= 0.3 is 0 Å². The summed E-state index contributed by atoms with van der Waals surface area (Å²) in [7, 11) is 0. The van der Waals surface area contributed by atoms with Crippen LogP contribution >= 0.6 is 0 Å². The van der Waals surface area contributed by atoms with E-state index in [1.54, 1.807) is 29.2 Å². The molecule has 7 atom stereocenters. The van der Waals surface area contributed by atoms with Crippen LogP contribution in [-0.4, -0.2) is 86.6 Å². The van der Waals surface area contributed by atoms with Gasteiger partial charge in [-0.05, 0) is 11.1 Å². The van der Waals surface area contributed by atoms with Crippen molar-refractivity contribution >= 4 is 12.0 Å². The van der Waals surface area contributed by atoms with Crippen molar-refractivity contribution in [2.45, 2.75) is 49.4 Å². The second-order valence-corrected chi connectivity index (χ2v) is 10.4. The first kappa shape index (κ1) is 33.3. The molecule has 2 aliphatic heterocycles. The van der Waals surface area contributed by atoms with Gasteiger partial charge in [0.1, 0.15) is 24.4 Å². The number of amides is 1. The molecule has 2 unspecified atom stereocenters. The summed E-state index contributed by atoms with van der Waals surface area (Å²) < 4.78 is 37.3. The fourth-order valence-corrected chi connectivity index (χ4v) is 5.38. The first-order valence-electron chi connectivity index (χ1n) is 14.9. The molecular weight excluding hydrogens is 558 g/mol. The maximum Gasteiger partial charge on any atom is 0.255 e. The predicted octanol–water partition coefficient (Wildman–Crippen LogP) is 5.14. The molecular formula is C36H43NO7. The third-order valence-electron chi connectivity index (χ3n) is 7.33. The molecule has 234 valence electrons. The molecule has 2 aromatic carbocycles. The van der Waals surface area contributed by atoms with Crippen LogP contribution in [0.2, 0.25) is 0 Å². The number of hydrogen-bond acceptors (Lipinski definition) is 7. The van der Waals surface area contributed by atoms with E-state index in [0.29, 0.717) is 13.2 Å². The molecule has 2 saturated heterocycles. The molecule has 2 fully saturated rings. The summed E-state index contributed by atoms with van der Waals surface area (Å²) in [4.78, 5) is 15.8. The van der Waals surface area contributed by atoms with Gasteiger partial charge in [0.25, 0.3) is 5.91 Å². The summed E-state index contributed by atoms with van der Waals surface area (Å²) in [5.41, 5.74) is 1.98. The lowest BCUT2D eigenvalue weighted by atomic mass is 9.87. The van der Waals surface area contributed by atoms with Crippen molar-refractivity contribution in [3.05, 3.63) is 128 Å². The molecule has 0 radical (unpaired) electrons. The number of β-lactam (4-membered cyclic amide) rings is 1. The van der Waals surface area contributed by atoms with Gasteiger partial charge in [0.15, 0.2) is 12.4 Å². The van der Waals surface area contributed by atoms with Crippen molar-refractivity contribution in [2.75, 3.05) is 33.0 Å². The van der Waals surface area contributed by atoms with Crippen molar-refractivity contribution in [3.63, 3.8) is 0 Å². The maximum atomic E-state index is 14.0. The Balaban J connectivity index is 1.70. The molecule has 0 spiro atoms. The third kappa shape index (κ3) is 8.51. The Kier molecular flexibility index (Phi) is 13.3. The smallest absolute Gasteiger partial charge is 0.255 e. The van der Waals surface area contributed by atoms with E-state index in [4.69, 9.17) is 28.4 Å². The molecule has 2 aromatic rings. The summed E-state index contributed by atoms with van der Waals surface area (Å²) in [6.45, 7) is 16.7. The van der Waals surface area contributed by atoms with E-state index < -0.39 is 42.8 Å². The molecule has 0 aliphatic carbocycles. The lowest BCUT2D eigenvalue weighted by molar-refractivity contribution is -0.305. The van der Waals surface area contributed by atoms with Crippen molar-refractivity contribution < 1.29 is 33.2 Å². The van der Waals surface area contributed by atoms with Gasteiger partial charge in [0.05, 0.1) is 45.7 Å². The zero-order valence-electron chi connectivity index (χ0n) is 25.2. The van der Waals surface area contributed by atoms with Crippen LogP contribution in [0.15, 0.2) is 117 Å². The molecule has 8 heteroatoms. The summed E-state index contributed by atoms with van der Waals surface area (Å²) in [6, 6.07) is 18.6. The van der Waals surface area contributed by atoms with Gasteiger partial charge in [-0.2, -0.15) is 0 Å². The Labute approximate surface area is 260 Å². The Morgan fingerprint density at radius 1 is 0.750 bits per heavy atom. The fourth-order valence-electron chi connectivity index (χ4n) is 5.38. The highest BCUT2D eigenvalue weighted by molar-refractivity contribution is 5.90. The number of carbonyl (C=O) groups excluding carboxylic acids is 1. The zero-order chi connectivity index (χ0) is 31.1. The topological polar surface area (TPSA) is 75.7 Å². The SMILES string of the molecule is C=CCOC[C@H]1O[C@@H](OCC=C)[C@H](N2C(=O)C(OCc3ccccc3)C2/C=C/c2ccccc2)[C@@H](OCC=C)[C@@H]1OCC=C. The number of ether oxygens (including phenoxy) is 6. The second kappa shape index (κ2) is 17.6. The summed E-state index contributed by atoms with van der Waals surface area (Å²) >= 11 is 0. The van der Waals surface area contributed by atoms with Gasteiger partial charge in [-0.15, -0.1) is 26.3 Å². The van der Waals surface area contributed by atoms with Gasteiger partial charge in [0, 0.05) is 0 Å². The number of nitrogens with zero attached hydrogens (tertiary/aromatic N) is 1. The molecule has 4 rings (SSSR count). The molecule has 44 heavy (non-hydrogen) atoms. The Morgan fingerprint density at radius 2 is 1.36 bits per heavy atom. The van der Waals surface area contributed by atoms with Gasteiger partial charge in [-0.3, -0.25) is 4.79 Å². The number of rotatable bonds is 19. The monoisotopic (exact) mass is 601 g/mol. The minimum atomic E-state index is -0.865. The minimum absolute atomic E-state index is 0.194. The lowest BCUT2D eigenvalue weighted by Crippen LogP contribution is -2.76. The van der Waals surface area contributed by atoms with Crippen LogP contribution in [0.3, 0.4) is 0 Å². The Morgan fingerprint density at radius 3 is 2.02 bits per heavy atom. The van der Waals surface area contributed by atoms with E-state index in [2.05, 4.69) is 26.3 Å². The van der Waals surface area contributed by atoms with Crippen LogP contribution in [0.1, 0.15) is 11.1 Å². The molecule has 0 aromatic heterocycles. The van der Waals surface area contributed by atoms with Gasteiger partial charge in [-0.25, -0.2) is 0 Å². The van der Waals surface area contributed by atoms with E-state index >= 15 is 0 Å². The normalized spacial score (nSPS) is 26.7. The standard InChI is InChI=1S/C36H43NO7/c1-5-21-39-26-30-33(40-22-6-2)34(41-23-7-3)31(36(44-30)42-24-8-4)37-29(20-19-27-15-11-9-12-16-27)32(35(37)38)43-25-28-17-13-10-14-18-28/h5-20,29-34,36H,1-4,21-26H2/b20-19+/t29?,30-,31-,32?,33-,34-,36-/m1/s1. The van der Waals surface area contributed by atoms with Crippen LogP contribution in [0, 0.1) is 0 Å². The first-order valence-corrected chi connectivity index (χ1v) is 14.9. The average Bonchev–Trinajstić information content (AvgIpc) is 3.05. The molecule has 8 nitrogen and oxygen atoms in total. The summed E-state index contributed by atoms with van der Waals surface area (Å²) in [6.07, 6.45) is 7.21. The maximum absolute atomic E-state index is 14.0. The predicted molar refractivity (Wildman–Crippen MR) is 171 cm³/mol. The largest absolute Gasteiger partial charge is 0.375 e. The van der Waals surface area contributed by atoms with Crippen molar-refractivity contribution in [2.24, 2.45) is 0 Å². The van der Waals surface area contributed by atoms with E-state index in [1.165, 1.54) is 0 Å². The highest BCUT2D eigenvalue weighted by atomic mass is 16.7. The lowest BCUT2D eigenvalue weighted by Gasteiger charge is -2.56. The summed E-state index contributed by atoms with van der Waals surface area (Å²) in [5, 5.41) is 0. The molecule has 0 N–H and O–H groups in total. The van der Waals surface area contributed by atoms with E-state index in [1.807, 2.05) is 72.8 Å². The van der Waals surface area contributed by atoms with Crippen LogP contribution in [0.5, 0.6) is 0 Å². The fraction of sp³-hybridized carbons (Fsp3) is 0.361. The molecule has 0 bridgehead atoms. The van der Waals surface area contributed by atoms with Crippen LogP contribution in [0.25, 0.3) is 6.08 Å². The van der Waals surface area contributed by atoms with Crippen LogP contribution < -0.4 is 0 Å². The average molecular weight is 602 g/mol. The zero-order valence-corrected chi connectivity index (χ0v) is 25.2. The molecule has 0 saturated carbocycles. The van der Waals surface area contributed by atoms with Gasteiger partial charge < -0.3 is 33.3 Å². The Bertz CT molecular complexity index is 1230. The van der Waals surface area contributed by atoms with E-state index in [-0.39, 0.29) is 32.3 Å². The first-order chi connectivity index (χ1) is 21.6. The Hall–Kier alpha value is -3.63. The highest BCUT2D eigenvalue weighted by Crippen LogP contribution is 2.38. The van der Waals surface area contributed by atoms with E-state index in [9.17, 15) is 4.79 Å². The van der Waals surface area contributed by atoms with Gasteiger partial charge in [0.2, 0.25) is 0 Å². The molecule has 2 aliphatic rings. The van der Waals surface area contributed by atoms with Crippen LogP contribution in [-0.2, 0) is 39.8 Å². The van der Waals surface area contributed by atoms with E-state index in [0.717, 1.165) is 11.1 Å². The molecule has 1 amide bonds. The van der Waals surface area contributed by atoms with Crippen molar-refractivity contribution in [3.8, 4) is 0 Å². The van der Waals surface area contributed by atoms with Crippen LogP contribution in [0.4, 0.5) is 0 Å². The van der Waals surface area contributed by atoms with Crippen molar-refractivity contribution in [1.82, 2.24) is 4.90 Å². The number of benzene rings is 2. The number of hydrogen-bond donors (Lipinski definition) is 0. The molecule has 2 heterocycles. The third-order valence-corrected chi connectivity index (χ3v) is 7.33. The summed E-state index contributed by atoms with van der Waals surface area (Å²) in [5.74, 6) is -0.194. The minimum Gasteiger partial charge on any atom is -0.375 e. The second-order valence-electron chi connectivity index (χ2n) is 10.4. The van der Waals surface area contributed by atoms with Crippen molar-refractivity contribution in [1.29, 1.82) is 0 Å². The number of carbonyl (C=O) groups is 1. The quantitative estimate of drug-likeness (QED) is 0.125. The van der Waals surface area contributed by atoms with Gasteiger partial charge in [-0.1, -0.05) is 97.1 Å². The number of likely N-dealkylation sites (tertiary alicyclic amines) is 1.